The number of hydrogen-bond acceptors (Lipinski definition) is 2. The van der Waals surface area contributed by atoms with Crippen molar-refractivity contribution in [3.63, 3.8) is 0 Å². The smallest absolute Gasteiger partial charge is 0.170 e. The van der Waals surface area contributed by atoms with Crippen LogP contribution in [0.3, 0.4) is 0 Å². The zero-order valence-electron chi connectivity index (χ0n) is 11.1. The van der Waals surface area contributed by atoms with Crippen molar-refractivity contribution in [3.05, 3.63) is 29.8 Å². The van der Waals surface area contributed by atoms with Crippen molar-refractivity contribution >= 4 is 28.8 Å². The van der Waals surface area contributed by atoms with E-state index in [-0.39, 0.29) is 5.78 Å². The summed E-state index contributed by atoms with van der Waals surface area (Å²) >= 11 is 5.25. The molecule has 0 atom stereocenters. The molecule has 0 fully saturated rings. The van der Waals surface area contributed by atoms with Crippen molar-refractivity contribution in [3.8, 4) is 0 Å². The lowest BCUT2D eigenvalue weighted by Gasteiger charge is -2.18. The molecule has 0 unspecified atom stereocenters. The minimum atomic E-state index is 0.0533. The maximum Gasteiger partial charge on any atom is 0.170 e. The van der Waals surface area contributed by atoms with Gasteiger partial charge in [0.15, 0.2) is 10.9 Å². The molecule has 18 heavy (non-hydrogen) atoms. The Morgan fingerprint density at radius 1 is 1.33 bits per heavy atom. The lowest BCUT2D eigenvalue weighted by molar-refractivity contribution is 0.101. The molecule has 0 saturated heterocycles. The van der Waals surface area contributed by atoms with Gasteiger partial charge in [0.1, 0.15) is 0 Å². The fourth-order valence-electron chi connectivity index (χ4n) is 1.66. The lowest BCUT2D eigenvalue weighted by Crippen LogP contribution is -2.36. The Balaban J connectivity index is 2.64. The normalized spacial score (nSPS) is 10.2. The van der Waals surface area contributed by atoms with E-state index in [1.54, 1.807) is 13.0 Å². The maximum absolute atomic E-state index is 11.3. The topological polar surface area (TPSA) is 41.1 Å². The summed E-state index contributed by atoms with van der Waals surface area (Å²) in [7, 11) is 0. The van der Waals surface area contributed by atoms with Crippen LogP contribution < -0.4 is 10.6 Å². The molecule has 1 rings (SSSR count). The van der Waals surface area contributed by atoms with E-state index in [0.29, 0.717) is 16.7 Å². The van der Waals surface area contributed by atoms with Crippen LogP contribution in [0.15, 0.2) is 24.3 Å². The van der Waals surface area contributed by atoms with Crippen LogP contribution in [0.2, 0.25) is 0 Å². The number of Topliss-reactive ketones (excluding diaryl/α,β-unsaturated/α-hetero) is 1. The van der Waals surface area contributed by atoms with Crippen LogP contribution in [0.25, 0.3) is 0 Å². The first-order chi connectivity index (χ1) is 8.56. The molecule has 1 aromatic carbocycles. The number of carbonyl (C=O) groups is 1. The first-order valence-corrected chi connectivity index (χ1v) is 6.66. The third kappa shape index (κ3) is 4.45. The Hall–Kier alpha value is -1.42. The van der Waals surface area contributed by atoms with E-state index in [1.807, 2.05) is 18.2 Å². The van der Waals surface area contributed by atoms with Crippen LogP contribution in [0.4, 0.5) is 5.69 Å². The molecule has 0 aliphatic rings. The van der Waals surface area contributed by atoms with Gasteiger partial charge in [0.2, 0.25) is 0 Å². The SMILES string of the molecule is CCC(CC)NC(=S)Nc1cccc(C(C)=O)c1. The van der Waals surface area contributed by atoms with E-state index in [4.69, 9.17) is 12.2 Å². The number of carbonyl (C=O) groups excluding carboxylic acids is 1. The van der Waals surface area contributed by atoms with E-state index >= 15 is 0 Å². The van der Waals surface area contributed by atoms with Gasteiger partial charge >= 0.3 is 0 Å². The van der Waals surface area contributed by atoms with Crippen LogP contribution in [0.1, 0.15) is 44.0 Å². The van der Waals surface area contributed by atoms with Crippen LogP contribution in [0.5, 0.6) is 0 Å². The third-order valence-electron chi connectivity index (χ3n) is 2.85. The highest BCUT2D eigenvalue weighted by molar-refractivity contribution is 7.80. The molecular weight excluding hydrogens is 244 g/mol. The van der Waals surface area contributed by atoms with Crippen LogP contribution in [-0.4, -0.2) is 16.9 Å². The molecule has 0 aliphatic carbocycles. The van der Waals surface area contributed by atoms with E-state index in [2.05, 4.69) is 24.5 Å². The quantitative estimate of drug-likeness (QED) is 0.632. The molecule has 3 nitrogen and oxygen atoms in total. The van der Waals surface area contributed by atoms with Gasteiger partial charge in [-0.15, -0.1) is 0 Å². The molecule has 0 aliphatic heterocycles. The average molecular weight is 264 g/mol. The van der Waals surface area contributed by atoms with Crippen molar-refractivity contribution in [2.45, 2.75) is 39.7 Å². The second-order valence-corrected chi connectivity index (χ2v) is 4.66. The maximum atomic E-state index is 11.3. The fraction of sp³-hybridized carbons (Fsp3) is 0.429. The summed E-state index contributed by atoms with van der Waals surface area (Å²) in [6.45, 7) is 5.81. The Kier molecular flexibility index (Phi) is 5.78. The summed E-state index contributed by atoms with van der Waals surface area (Å²) in [4.78, 5) is 11.3. The van der Waals surface area contributed by atoms with Gasteiger partial charge in [-0.05, 0) is 44.1 Å². The lowest BCUT2D eigenvalue weighted by atomic mass is 10.1. The summed E-state index contributed by atoms with van der Waals surface area (Å²) < 4.78 is 0. The van der Waals surface area contributed by atoms with Crippen molar-refractivity contribution in [2.75, 3.05) is 5.32 Å². The van der Waals surface area contributed by atoms with Crippen molar-refractivity contribution in [2.24, 2.45) is 0 Å². The second kappa shape index (κ2) is 7.11. The van der Waals surface area contributed by atoms with Gasteiger partial charge in [-0.25, -0.2) is 0 Å². The summed E-state index contributed by atoms with van der Waals surface area (Å²) in [5.41, 5.74) is 1.52. The molecule has 0 spiro atoms. The van der Waals surface area contributed by atoms with Crippen molar-refractivity contribution in [1.29, 1.82) is 0 Å². The zero-order chi connectivity index (χ0) is 13.5. The van der Waals surface area contributed by atoms with E-state index in [9.17, 15) is 4.79 Å². The van der Waals surface area contributed by atoms with E-state index in [0.717, 1.165) is 18.5 Å². The van der Waals surface area contributed by atoms with Crippen LogP contribution >= 0.6 is 12.2 Å². The van der Waals surface area contributed by atoms with E-state index in [1.165, 1.54) is 0 Å². The highest BCUT2D eigenvalue weighted by Crippen LogP contribution is 2.11. The molecule has 4 heteroatoms. The standard InChI is InChI=1S/C14H20N2OS/c1-4-12(5-2)15-14(18)16-13-8-6-7-11(9-13)10(3)17/h6-9,12H,4-5H2,1-3H3,(H2,15,16,18). The number of benzene rings is 1. The molecule has 0 heterocycles. The summed E-state index contributed by atoms with van der Waals surface area (Å²) in [5, 5.41) is 6.95. The van der Waals surface area contributed by atoms with Crippen LogP contribution in [0, 0.1) is 0 Å². The number of anilines is 1. The van der Waals surface area contributed by atoms with E-state index < -0.39 is 0 Å². The third-order valence-corrected chi connectivity index (χ3v) is 3.07. The molecular formula is C14H20N2OS. The summed E-state index contributed by atoms with van der Waals surface area (Å²) in [6, 6.07) is 7.74. The number of nitrogens with one attached hydrogen (secondary N) is 2. The molecule has 0 bridgehead atoms. The van der Waals surface area contributed by atoms with Gasteiger partial charge in [-0.1, -0.05) is 26.0 Å². The highest BCUT2D eigenvalue weighted by Gasteiger charge is 2.06. The monoisotopic (exact) mass is 264 g/mol. The number of ketones is 1. The van der Waals surface area contributed by atoms with Gasteiger partial charge in [0, 0.05) is 17.3 Å². The molecule has 0 saturated carbocycles. The Bertz CT molecular complexity index is 428. The predicted octanol–water partition coefficient (Wildman–Crippen LogP) is 3.36. The number of hydrogen-bond donors (Lipinski definition) is 2. The Morgan fingerprint density at radius 2 is 2.00 bits per heavy atom. The summed E-state index contributed by atoms with van der Waals surface area (Å²) in [6.07, 6.45) is 2.07. The fourth-order valence-corrected chi connectivity index (χ4v) is 1.95. The number of thiocarbonyl (C=S) groups is 1. The minimum absolute atomic E-state index is 0.0533. The molecule has 98 valence electrons. The first kappa shape index (κ1) is 14.6. The summed E-state index contributed by atoms with van der Waals surface area (Å²) in [5.74, 6) is 0.0533. The van der Waals surface area contributed by atoms with Gasteiger partial charge in [0.05, 0.1) is 0 Å². The van der Waals surface area contributed by atoms with Gasteiger partial charge in [-0.3, -0.25) is 4.79 Å². The van der Waals surface area contributed by atoms with Gasteiger partial charge in [-0.2, -0.15) is 0 Å². The molecule has 0 radical (unpaired) electrons. The largest absolute Gasteiger partial charge is 0.360 e. The molecule has 0 aromatic heterocycles. The average Bonchev–Trinajstić information content (AvgIpc) is 2.36. The second-order valence-electron chi connectivity index (χ2n) is 4.25. The molecule has 1 aromatic rings. The van der Waals surface area contributed by atoms with Crippen molar-refractivity contribution in [1.82, 2.24) is 5.32 Å². The first-order valence-electron chi connectivity index (χ1n) is 6.25. The zero-order valence-corrected chi connectivity index (χ0v) is 11.9. The highest BCUT2D eigenvalue weighted by atomic mass is 32.1. The number of rotatable bonds is 5. The Morgan fingerprint density at radius 3 is 2.56 bits per heavy atom. The molecule has 0 amide bonds. The van der Waals surface area contributed by atoms with Gasteiger partial charge in [0.25, 0.3) is 0 Å². The van der Waals surface area contributed by atoms with Gasteiger partial charge < -0.3 is 10.6 Å². The Labute approximate surface area is 114 Å². The van der Waals surface area contributed by atoms with Crippen molar-refractivity contribution < 1.29 is 4.79 Å². The predicted molar refractivity (Wildman–Crippen MR) is 80.2 cm³/mol. The molecule has 2 N–H and O–H groups in total. The minimum Gasteiger partial charge on any atom is -0.360 e. The van der Waals surface area contributed by atoms with Crippen LogP contribution in [-0.2, 0) is 0 Å².